The molecule has 1 fully saturated rings. The second kappa shape index (κ2) is 16.5. The van der Waals surface area contributed by atoms with E-state index in [9.17, 15) is 9.59 Å². The van der Waals surface area contributed by atoms with Crippen molar-refractivity contribution in [1.82, 2.24) is 20.4 Å². The van der Waals surface area contributed by atoms with Crippen LogP contribution in [0, 0.1) is 0 Å². The lowest BCUT2D eigenvalue weighted by molar-refractivity contribution is 0.0934. The molecule has 0 atom stereocenters. The maximum absolute atomic E-state index is 12.7. The van der Waals surface area contributed by atoms with Gasteiger partial charge in [-0.15, -0.1) is 0 Å². The Labute approximate surface area is 248 Å². The van der Waals surface area contributed by atoms with Crippen molar-refractivity contribution in [2.75, 3.05) is 95.0 Å². The van der Waals surface area contributed by atoms with Crippen LogP contribution in [0.4, 0.5) is 0 Å². The lowest BCUT2D eigenvalue weighted by Crippen LogP contribution is -2.47. The zero-order valence-electron chi connectivity index (χ0n) is 25.5. The van der Waals surface area contributed by atoms with E-state index in [-0.39, 0.29) is 11.8 Å². The van der Waals surface area contributed by atoms with Crippen LogP contribution in [-0.2, 0) is 0 Å². The largest absolute Gasteiger partial charge is 0.493 e. The molecule has 0 radical (unpaired) electrons. The molecule has 42 heavy (non-hydrogen) atoms. The van der Waals surface area contributed by atoms with Crippen molar-refractivity contribution in [2.24, 2.45) is 0 Å². The van der Waals surface area contributed by atoms with Crippen LogP contribution in [0.5, 0.6) is 34.5 Å². The van der Waals surface area contributed by atoms with Gasteiger partial charge < -0.3 is 48.9 Å². The Bertz CT molecular complexity index is 1040. The fraction of sp³-hybridized carbons (Fsp3) is 0.533. The highest BCUT2D eigenvalue weighted by Gasteiger charge is 2.19. The standard InChI is InChI=1S/C30H44N4O8/c1-37-23-17-21(18-24(38-2)27(23)41-5)29(35)31-9-7-11-33-13-15-34(16-14-33)12-8-10-32-30(36)22-19-25(39-3)28(42-6)26(20-22)40-4/h17-20H,7-16H2,1-6H3,(H,31,35)(H,32,36). The van der Waals surface area contributed by atoms with Gasteiger partial charge in [-0.1, -0.05) is 0 Å². The molecule has 3 rings (SSSR count). The lowest BCUT2D eigenvalue weighted by Gasteiger charge is -2.34. The number of hydrogen-bond donors (Lipinski definition) is 2. The maximum Gasteiger partial charge on any atom is 0.251 e. The monoisotopic (exact) mass is 588 g/mol. The molecule has 1 saturated heterocycles. The number of nitrogens with one attached hydrogen (secondary N) is 2. The van der Waals surface area contributed by atoms with Crippen molar-refractivity contribution in [3.8, 4) is 34.5 Å². The third-order valence-electron chi connectivity index (χ3n) is 7.19. The quantitative estimate of drug-likeness (QED) is 0.283. The molecule has 12 heteroatoms. The Balaban J connectivity index is 1.33. The minimum absolute atomic E-state index is 0.184. The van der Waals surface area contributed by atoms with E-state index in [2.05, 4.69) is 20.4 Å². The number of nitrogens with zero attached hydrogens (tertiary/aromatic N) is 2. The Morgan fingerprint density at radius 2 is 0.881 bits per heavy atom. The van der Waals surface area contributed by atoms with Crippen molar-refractivity contribution < 1.29 is 38.0 Å². The van der Waals surface area contributed by atoms with Crippen molar-refractivity contribution in [3.63, 3.8) is 0 Å². The summed E-state index contributed by atoms with van der Waals surface area (Å²) in [6.45, 7) is 6.85. The number of ether oxygens (including phenoxy) is 6. The Kier molecular flexibility index (Phi) is 12.8. The fourth-order valence-electron chi connectivity index (χ4n) is 4.87. The summed E-state index contributed by atoms with van der Waals surface area (Å²) in [6.07, 6.45) is 1.70. The molecular formula is C30H44N4O8. The zero-order chi connectivity index (χ0) is 30.5. The van der Waals surface area contributed by atoms with Crippen LogP contribution in [0.25, 0.3) is 0 Å². The molecule has 2 amide bonds. The molecule has 1 aliphatic rings. The smallest absolute Gasteiger partial charge is 0.251 e. The van der Waals surface area contributed by atoms with Gasteiger partial charge in [-0.05, 0) is 50.2 Å². The molecule has 2 aromatic rings. The van der Waals surface area contributed by atoms with E-state index in [1.54, 1.807) is 24.3 Å². The van der Waals surface area contributed by atoms with Gasteiger partial charge in [-0.25, -0.2) is 0 Å². The second-order valence-electron chi connectivity index (χ2n) is 9.73. The number of piperazine rings is 1. The molecule has 0 aliphatic carbocycles. The third kappa shape index (κ3) is 8.56. The van der Waals surface area contributed by atoms with E-state index in [0.717, 1.165) is 52.1 Å². The molecule has 12 nitrogen and oxygen atoms in total. The zero-order valence-corrected chi connectivity index (χ0v) is 25.5. The van der Waals surface area contributed by atoms with Gasteiger partial charge in [0.05, 0.1) is 42.7 Å². The number of rotatable bonds is 16. The minimum atomic E-state index is -0.184. The third-order valence-corrected chi connectivity index (χ3v) is 7.19. The first-order valence-electron chi connectivity index (χ1n) is 14.0. The Hall–Kier alpha value is -3.90. The lowest BCUT2D eigenvalue weighted by atomic mass is 10.1. The van der Waals surface area contributed by atoms with Crippen molar-refractivity contribution >= 4 is 11.8 Å². The van der Waals surface area contributed by atoms with Crippen LogP contribution in [0.2, 0.25) is 0 Å². The number of benzene rings is 2. The highest BCUT2D eigenvalue weighted by molar-refractivity contribution is 5.96. The molecule has 0 spiro atoms. The van der Waals surface area contributed by atoms with E-state index >= 15 is 0 Å². The van der Waals surface area contributed by atoms with Crippen LogP contribution < -0.4 is 39.1 Å². The van der Waals surface area contributed by atoms with Gasteiger partial charge >= 0.3 is 0 Å². The van der Waals surface area contributed by atoms with E-state index in [1.807, 2.05) is 0 Å². The predicted octanol–water partition coefficient (Wildman–Crippen LogP) is 2.30. The molecule has 232 valence electrons. The van der Waals surface area contributed by atoms with Crippen LogP contribution >= 0.6 is 0 Å². The van der Waals surface area contributed by atoms with E-state index < -0.39 is 0 Å². The molecular weight excluding hydrogens is 544 g/mol. The first-order valence-corrected chi connectivity index (χ1v) is 14.0. The van der Waals surface area contributed by atoms with Gasteiger partial charge in [0, 0.05) is 50.4 Å². The topological polar surface area (TPSA) is 120 Å². The van der Waals surface area contributed by atoms with Gasteiger partial charge in [0.25, 0.3) is 11.8 Å². The van der Waals surface area contributed by atoms with Crippen molar-refractivity contribution in [3.05, 3.63) is 35.4 Å². The predicted molar refractivity (Wildman–Crippen MR) is 159 cm³/mol. The average Bonchev–Trinajstić information content (AvgIpc) is 3.03. The molecule has 0 aromatic heterocycles. The summed E-state index contributed by atoms with van der Waals surface area (Å²) >= 11 is 0. The van der Waals surface area contributed by atoms with Crippen LogP contribution in [0.15, 0.2) is 24.3 Å². The minimum Gasteiger partial charge on any atom is -0.493 e. The first-order chi connectivity index (χ1) is 20.4. The number of carbonyl (C=O) groups is 2. The first kappa shape index (κ1) is 32.6. The molecule has 1 heterocycles. The summed E-state index contributed by atoms with van der Waals surface area (Å²) in [7, 11) is 9.15. The molecule has 2 N–H and O–H groups in total. The van der Waals surface area contributed by atoms with Crippen LogP contribution in [0.3, 0.4) is 0 Å². The molecule has 0 bridgehead atoms. The van der Waals surface area contributed by atoms with Gasteiger partial charge in [0.15, 0.2) is 23.0 Å². The fourth-order valence-corrected chi connectivity index (χ4v) is 4.87. The van der Waals surface area contributed by atoms with Gasteiger partial charge in [0.2, 0.25) is 11.5 Å². The van der Waals surface area contributed by atoms with Gasteiger partial charge in [-0.2, -0.15) is 0 Å². The summed E-state index contributed by atoms with van der Waals surface area (Å²) in [5, 5.41) is 5.96. The summed E-state index contributed by atoms with van der Waals surface area (Å²) < 4.78 is 32.0. The summed E-state index contributed by atoms with van der Waals surface area (Å²) in [6, 6.07) is 6.59. The second-order valence-corrected chi connectivity index (χ2v) is 9.73. The summed E-state index contributed by atoms with van der Waals surface area (Å²) in [5.74, 6) is 2.32. The molecule has 1 aliphatic heterocycles. The van der Waals surface area contributed by atoms with E-state index in [0.29, 0.717) is 58.7 Å². The molecule has 2 aromatic carbocycles. The number of carbonyl (C=O) groups excluding carboxylic acids is 2. The average molecular weight is 589 g/mol. The molecule has 0 unspecified atom stereocenters. The summed E-state index contributed by atoms with van der Waals surface area (Å²) in [4.78, 5) is 30.2. The van der Waals surface area contributed by atoms with Crippen molar-refractivity contribution in [1.29, 1.82) is 0 Å². The molecule has 0 saturated carbocycles. The van der Waals surface area contributed by atoms with Gasteiger partial charge in [-0.3, -0.25) is 9.59 Å². The number of amides is 2. The van der Waals surface area contributed by atoms with Crippen LogP contribution in [-0.4, -0.2) is 117 Å². The maximum atomic E-state index is 12.7. The van der Waals surface area contributed by atoms with E-state index in [4.69, 9.17) is 28.4 Å². The van der Waals surface area contributed by atoms with Gasteiger partial charge in [0.1, 0.15) is 0 Å². The number of methoxy groups -OCH3 is 6. The highest BCUT2D eigenvalue weighted by Crippen LogP contribution is 2.39. The van der Waals surface area contributed by atoms with E-state index in [1.165, 1.54) is 42.7 Å². The Morgan fingerprint density at radius 1 is 0.571 bits per heavy atom. The SMILES string of the molecule is COc1cc(C(=O)NCCCN2CCN(CCCNC(=O)c3cc(OC)c(OC)c(OC)c3)CC2)cc(OC)c1OC. The van der Waals surface area contributed by atoms with Crippen LogP contribution in [0.1, 0.15) is 33.6 Å². The normalized spacial score (nSPS) is 13.7. The summed E-state index contributed by atoms with van der Waals surface area (Å²) in [5.41, 5.74) is 0.913. The Morgan fingerprint density at radius 3 is 1.14 bits per heavy atom. The van der Waals surface area contributed by atoms with Crippen molar-refractivity contribution in [2.45, 2.75) is 12.8 Å². The number of hydrogen-bond acceptors (Lipinski definition) is 10. The highest BCUT2D eigenvalue weighted by atomic mass is 16.5.